The van der Waals surface area contributed by atoms with Crippen molar-refractivity contribution in [3.8, 4) is 0 Å². The van der Waals surface area contributed by atoms with Crippen LogP contribution in [-0.4, -0.2) is 35.5 Å². The van der Waals surface area contributed by atoms with E-state index in [0.29, 0.717) is 12.4 Å². The zero-order chi connectivity index (χ0) is 16.4. The maximum atomic E-state index is 11.9. The predicted octanol–water partition coefficient (Wildman–Crippen LogP) is 2.63. The normalized spacial score (nSPS) is 19.0. The fourth-order valence-electron chi connectivity index (χ4n) is 2.94. The van der Waals surface area contributed by atoms with Crippen molar-refractivity contribution < 1.29 is 8.42 Å². The highest BCUT2D eigenvalue weighted by molar-refractivity contribution is 7.88. The summed E-state index contributed by atoms with van der Waals surface area (Å²) in [7, 11) is -3.20. The number of nitrogens with zero attached hydrogens (tertiary/aromatic N) is 3. The molecule has 0 spiro atoms. The monoisotopic (exact) mass is 332 g/mol. The van der Waals surface area contributed by atoms with Gasteiger partial charge < -0.3 is 5.32 Å². The molecule has 1 atom stereocenters. The van der Waals surface area contributed by atoms with E-state index < -0.39 is 10.0 Å². The molecule has 0 radical (unpaired) electrons. The quantitative estimate of drug-likeness (QED) is 0.931. The van der Waals surface area contributed by atoms with Crippen molar-refractivity contribution in [3.63, 3.8) is 0 Å². The van der Waals surface area contributed by atoms with Crippen LogP contribution in [0.25, 0.3) is 0 Å². The second-order valence-corrected chi connectivity index (χ2v) is 7.73. The predicted molar refractivity (Wildman–Crippen MR) is 90.0 cm³/mol. The summed E-state index contributed by atoms with van der Waals surface area (Å²) in [5, 5.41) is 3.17. The molecule has 1 saturated heterocycles. The molecule has 2 aromatic heterocycles. The lowest BCUT2D eigenvalue weighted by Crippen LogP contribution is -2.29. The van der Waals surface area contributed by atoms with Crippen LogP contribution in [0.3, 0.4) is 0 Å². The molecule has 0 bridgehead atoms. The first-order valence-electron chi connectivity index (χ1n) is 7.57. The Balaban J connectivity index is 1.85. The molecular weight excluding hydrogens is 312 g/mol. The summed E-state index contributed by atoms with van der Waals surface area (Å²) in [6.07, 6.45) is 4.68. The van der Waals surface area contributed by atoms with Gasteiger partial charge in [-0.1, -0.05) is 6.07 Å². The Morgan fingerprint density at radius 2 is 2.09 bits per heavy atom. The summed E-state index contributed by atoms with van der Waals surface area (Å²) in [5.41, 5.74) is 1.88. The average molecular weight is 332 g/mol. The molecule has 2 aromatic rings. The maximum Gasteiger partial charge on any atom is 0.211 e. The van der Waals surface area contributed by atoms with Crippen LogP contribution in [0, 0.1) is 6.92 Å². The minimum Gasteiger partial charge on any atom is -0.325 e. The fraction of sp³-hybridized carbons (Fsp3) is 0.375. The number of aromatic nitrogens is 2. The van der Waals surface area contributed by atoms with Crippen molar-refractivity contribution in [1.82, 2.24) is 14.3 Å². The molecule has 3 heterocycles. The second-order valence-electron chi connectivity index (χ2n) is 5.80. The molecule has 3 rings (SSSR count). The average Bonchev–Trinajstić information content (AvgIpc) is 2.97. The van der Waals surface area contributed by atoms with Gasteiger partial charge >= 0.3 is 0 Å². The van der Waals surface area contributed by atoms with E-state index in [-0.39, 0.29) is 6.04 Å². The summed E-state index contributed by atoms with van der Waals surface area (Å²) in [6.45, 7) is 2.51. The zero-order valence-corrected chi connectivity index (χ0v) is 14.0. The molecule has 1 fully saturated rings. The van der Waals surface area contributed by atoms with Crippen molar-refractivity contribution >= 4 is 21.7 Å². The van der Waals surface area contributed by atoms with E-state index in [9.17, 15) is 8.42 Å². The molecule has 0 unspecified atom stereocenters. The van der Waals surface area contributed by atoms with Crippen LogP contribution >= 0.6 is 0 Å². The van der Waals surface area contributed by atoms with Gasteiger partial charge in [0, 0.05) is 24.5 Å². The van der Waals surface area contributed by atoms with Crippen molar-refractivity contribution in [1.29, 1.82) is 0 Å². The third-order valence-electron chi connectivity index (χ3n) is 3.94. The number of sulfonamides is 1. The fourth-order valence-corrected chi connectivity index (χ4v) is 4.09. The van der Waals surface area contributed by atoms with E-state index in [1.807, 2.05) is 37.3 Å². The lowest BCUT2D eigenvalue weighted by molar-refractivity contribution is 0.400. The molecule has 0 aliphatic carbocycles. The summed E-state index contributed by atoms with van der Waals surface area (Å²) in [5.74, 6) is 1.39. The second kappa shape index (κ2) is 6.25. The van der Waals surface area contributed by atoms with E-state index >= 15 is 0 Å². The molecule has 23 heavy (non-hydrogen) atoms. The van der Waals surface area contributed by atoms with Crippen LogP contribution in [0.1, 0.15) is 30.1 Å². The smallest absolute Gasteiger partial charge is 0.211 e. The van der Waals surface area contributed by atoms with E-state index in [4.69, 9.17) is 0 Å². The number of pyridine rings is 2. The van der Waals surface area contributed by atoms with Gasteiger partial charge in [-0.25, -0.2) is 18.4 Å². The topological polar surface area (TPSA) is 75.2 Å². The van der Waals surface area contributed by atoms with Gasteiger partial charge in [0.05, 0.1) is 6.26 Å². The molecule has 0 amide bonds. The highest BCUT2D eigenvalue weighted by Crippen LogP contribution is 2.34. The molecule has 1 aliphatic rings. The van der Waals surface area contributed by atoms with Crippen molar-refractivity contribution in [2.45, 2.75) is 25.8 Å². The van der Waals surface area contributed by atoms with Crippen LogP contribution < -0.4 is 5.32 Å². The van der Waals surface area contributed by atoms with Gasteiger partial charge in [-0.2, -0.15) is 4.31 Å². The third kappa shape index (κ3) is 3.68. The lowest BCUT2D eigenvalue weighted by Gasteiger charge is -2.22. The van der Waals surface area contributed by atoms with Gasteiger partial charge in [-0.3, -0.25) is 0 Å². The lowest BCUT2D eigenvalue weighted by atomic mass is 10.1. The first kappa shape index (κ1) is 15.9. The van der Waals surface area contributed by atoms with Crippen molar-refractivity contribution in [3.05, 3.63) is 47.8 Å². The highest BCUT2D eigenvalue weighted by atomic mass is 32.2. The summed E-state index contributed by atoms with van der Waals surface area (Å²) >= 11 is 0. The Morgan fingerprint density at radius 1 is 1.26 bits per heavy atom. The Kier molecular flexibility index (Phi) is 4.32. The van der Waals surface area contributed by atoms with E-state index in [1.165, 1.54) is 6.26 Å². The third-order valence-corrected chi connectivity index (χ3v) is 5.23. The van der Waals surface area contributed by atoms with Crippen molar-refractivity contribution in [2.24, 2.45) is 0 Å². The van der Waals surface area contributed by atoms with Crippen LogP contribution in [0.5, 0.6) is 0 Å². The van der Waals surface area contributed by atoms with E-state index in [2.05, 4.69) is 15.3 Å². The highest BCUT2D eigenvalue weighted by Gasteiger charge is 2.32. The molecule has 122 valence electrons. The van der Waals surface area contributed by atoms with Gasteiger partial charge in [0.2, 0.25) is 10.0 Å². The Labute approximate surface area is 136 Å². The summed E-state index contributed by atoms with van der Waals surface area (Å²) < 4.78 is 25.4. The number of anilines is 2. The first-order valence-corrected chi connectivity index (χ1v) is 9.42. The number of hydrogen-bond donors (Lipinski definition) is 1. The van der Waals surface area contributed by atoms with Gasteiger partial charge in [0.25, 0.3) is 0 Å². The van der Waals surface area contributed by atoms with Crippen LogP contribution in [-0.2, 0) is 10.0 Å². The largest absolute Gasteiger partial charge is 0.325 e. The molecule has 0 aromatic carbocycles. The Bertz CT molecular complexity index is 807. The van der Waals surface area contributed by atoms with Gasteiger partial charge in [-0.15, -0.1) is 0 Å². The number of rotatable bonds is 4. The minimum atomic E-state index is -3.20. The first-order chi connectivity index (χ1) is 10.9. The van der Waals surface area contributed by atoms with Gasteiger partial charge in [-0.05, 0) is 49.6 Å². The number of hydrogen-bond acceptors (Lipinski definition) is 5. The zero-order valence-electron chi connectivity index (χ0n) is 13.2. The standard InChI is InChI=1S/C16H20N4O2S/c1-12-5-3-7-15(18-12)19-16-11-13(8-9-17-16)14-6-4-10-20(14)23(2,21)22/h3,5,7-9,11,14H,4,6,10H2,1-2H3,(H,17,18,19)/t14-/m1/s1. The van der Waals surface area contributed by atoms with Gasteiger partial charge in [0.1, 0.15) is 11.6 Å². The minimum absolute atomic E-state index is 0.112. The SMILES string of the molecule is Cc1cccc(Nc2cc([C@H]3CCCN3S(C)(=O)=O)ccn2)n1. The Hall–Kier alpha value is -1.99. The molecule has 1 aliphatic heterocycles. The summed E-state index contributed by atoms with van der Waals surface area (Å²) in [6, 6.07) is 9.40. The number of aryl methyl sites for hydroxylation is 1. The number of nitrogens with one attached hydrogen (secondary N) is 1. The maximum absolute atomic E-state index is 11.9. The molecule has 6 nitrogen and oxygen atoms in total. The van der Waals surface area contributed by atoms with Crippen LogP contribution in [0.4, 0.5) is 11.6 Å². The Morgan fingerprint density at radius 3 is 2.83 bits per heavy atom. The van der Waals surface area contributed by atoms with Crippen molar-refractivity contribution in [2.75, 3.05) is 18.1 Å². The van der Waals surface area contributed by atoms with Crippen LogP contribution in [0.15, 0.2) is 36.5 Å². The summed E-state index contributed by atoms with van der Waals surface area (Å²) in [4.78, 5) is 8.70. The molecule has 1 N–H and O–H groups in total. The van der Waals surface area contributed by atoms with E-state index in [0.717, 1.165) is 29.9 Å². The molecule has 0 saturated carbocycles. The van der Waals surface area contributed by atoms with Gasteiger partial charge in [0.15, 0.2) is 0 Å². The molecular formula is C16H20N4O2S. The van der Waals surface area contributed by atoms with Crippen LogP contribution in [0.2, 0.25) is 0 Å². The van der Waals surface area contributed by atoms with E-state index in [1.54, 1.807) is 10.5 Å². The molecule has 7 heteroatoms.